The van der Waals surface area contributed by atoms with E-state index >= 15 is 0 Å². The van der Waals surface area contributed by atoms with Crippen LogP contribution in [0.1, 0.15) is 11.1 Å². The summed E-state index contributed by atoms with van der Waals surface area (Å²) in [6.45, 7) is 0.752. The minimum absolute atomic E-state index is 0.174. The normalized spacial score (nSPS) is 14.6. The summed E-state index contributed by atoms with van der Waals surface area (Å²) >= 11 is 3.23. The highest BCUT2D eigenvalue weighted by molar-refractivity contribution is 9.10. The number of nitrogens with two attached hydrogens (primary N) is 2. The van der Waals surface area contributed by atoms with Gasteiger partial charge in [-0.05, 0) is 40.0 Å². The molecule has 1 unspecified atom stereocenters. The average Bonchev–Trinajstić information content (AvgIpc) is 2.97. The third-order valence-electron chi connectivity index (χ3n) is 4.24. The molecule has 138 valence electrons. The smallest absolute Gasteiger partial charge is 0.381 e. The van der Waals surface area contributed by atoms with Crippen LogP contribution in [0.2, 0.25) is 0 Å². The topological polar surface area (TPSA) is 102 Å². The van der Waals surface area contributed by atoms with E-state index in [1.54, 1.807) is 17.5 Å². The van der Waals surface area contributed by atoms with Gasteiger partial charge in [-0.3, -0.25) is 4.40 Å². The Morgan fingerprint density at radius 3 is 2.62 bits per heavy atom. The highest BCUT2D eigenvalue weighted by atomic mass is 79.9. The molecule has 0 saturated carbocycles. The molecule has 0 fully saturated rings. The number of benzene rings is 1. The summed E-state index contributed by atoms with van der Waals surface area (Å²) in [4.78, 5) is 8.22. The number of hydrogen-bond acceptors (Lipinski definition) is 5. The number of imidazole rings is 1. The van der Waals surface area contributed by atoms with Crippen molar-refractivity contribution in [3.05, 3.63) is 46.3 Å². The van der Waals surface area contributed by atoms with E-state index in [4.69, 9.17) is 11.5 Å². The maximum absolute atomic E-state index is 13.3. The van der Waals surface area contributed by atoms with E-state index in [0.717, 1.165) is 0 Å². The highest BCUT2D eigenvalue weighted by Crippen LogP contribution is 2.40. The number of halogens is 4. The lowest BCUT2D eigenvalue weighted by molar-refractivity contribution is -0.262. The molecule has 0 aliphatic rings. The van der Waals surface area contributed by atoms with Crippen LogP contribution >= 0.6 is 15.9 Å². The largest absolute Gasteiger partial charge is 0.422 e. The average molecular weight is 430 g/mol. The quantitative estimate of drug-likeness (QED) is 0.593. The first kappa shape index (κ1) is 18.6. The van der Waals surface area contributed by atoms with Crippen LogP contribution < -0.4 is 11.5 Å². The fourth-order valence-electron chi connectivity index (χ4n) is 2.73. The van der Waals surface area contributed by atoms with Crippen LogP contribution in [0.4, 0.5) is 19.0 Å². The summed E-state index contributed by atoms with van der Waals surface area (Å²) in [7, 11) is 0. The van der Waals surface area contributed by atoms with Crippen molar-refractivity contribution >= 4 is 27.4 Å². The first-order valence-electron chi connectivity index (χ1n) is 7.48. The minimum Gasteiger partial charge on any atom is -0.381 e. The Balaban J connectivity index is 2.25. The van der Waals surface area contributed by atoms with Gasteiger partial charge in [0, 0.05) is 18.3 Å². The van der Waals surface area contributed by atoms with Crippen molar-refractivity contribution in [2.45, 2.75) is 18.7 Å². The fourth-order valence-corrected chi connectivity index (χ4v) is 3.13. The summed E-state index contributed by atoms with van der Waals surface area (Å²) in [6, 6.07) is 3.98. The van der Waals surface area contributed by atoms with E-state index < -0.39 is 18.3 Å². The number of alkyl halides is 3. The molecule has 0 aliphatic heterocycles. The lowest BCUT2D eigenvalue weighted by atomic mass is 9.90. The lowest BCUT2D eigenvalue weighted by Crippen LogP contribution is -2.48. The minimum atomic E-state index is -4.91. The van der Waals surface area contributed by atoms with E-state index in [-0.39, 0.29) is 11.4 Å². The van der Waals surface area contributed by atoms with Crippen LogP contribution in [0.3, 0.4) is 0 Å². The molecule has 1 atom stereocenters. The Kier molecular flexibility index (Phi) is 4.45. The summed E-state index contributed by atoms with van der Waals surface area (Å²) in [6.07, 6.45) is -1.81. The number of fused-ring (bicyclic) bond motifs is 1. The number of nitrogens with zero attached hydrogens (tertiary/aromatic N) is 3. The SMILES string of the molecule is Cc1ccc(C(O)(CN)C(F)(F)F)cc1-c1cnc2c(N)nc(Br)cn12. The van der Waals surface area contributed by atoms with Crippen LogP contribution in [0.5, 0.6) is 0 Å². The second kappa shape index (κ2) is 6.22. The number of aromatic nitrogens is 3. The molecule has 26 heavy (non-hydrogen) atoms. The molecule has 5 N–H and O–H groups in total. The van der Waals surface area contributed by atoms with Gasteiger partial charge in [0.05, 0.1) is 11.9 Å². The van der Waals surface area contributed by atoms with Gasteiger partial charge in [-0.1, -0.05) is 12.1 Å². The molecule has 0 saturated heterocycles. The van der Waals surface area contributed by atoms with Crippen LogP contribution in [0, 0.1) is 6.92 Å². The molecular formula is C16H15BrF3N5O. The Morgan fingerprint density at radius 1 is 1.31 bits per heavy atom. The summed E-state index contributed by atoms with van der Waals surface area (Å²) in [5, 5.41) is 10.1. The molecular weight excluding hydrogens is 415 g/mol. The van der Waals surface area contributed by atoms with E-state index in [0.29, 0.717) is 27.1 Å². The molecule has 1 aromatic carbocycles. The van der Waals surface area contributed by atoms with Crippen molar-refractivity contribution in [3.8, 4) is 11.3 Å². The maximum atomic E-state index is 13.3. The molecule has 0 amide bonds. The van der Waals surface area contributed by atoms with E-state index in [1.807, 2.05) is 0 Å². The Hall–Kier alpha value is -2.17. The summed E-state index contributed by atoms with van der Waals surface area (Å²) in [5.74, 6) is 0.174. The Bertz CT molecular complexity index is 988. The number of nitrogen functional groups attached to an aromatic ring is 1. The molecule has 0 radical (unpaired) electrons. The van der Waals surface area contributed by atoms with Crippen molar-refractivity contribution in [1.29, 1.82) is 0 Å². The second-order valence-corrected chi connectivity index (χ2v) is 6.69. The standard InChI is InChI=1S/C16H15BrF3N5O/c1-8-2-3-9(15(26,7-21)16(18,19)20)4-10(8)11-5-23-14-13(22)24-12(17)6-25(11)14/h2-6,26H,7,21H2,1H3,(H2,22,24). The Morgan fingerprint density at radius 2 is 2.00 bits per heavy atom. The molecule has 3 aromatic rings. The highest BCUT2D eigenvalue weighted by Gasteiger charge is 2.54. The predicted molar refractivity (Wildman–Crippen MR) is 94.3 cm³/mol. The molecule has 2 aromatic heterocycles. The third-order valence-corrected chi connectivity index (χ3v) is 4.63. The van der Waals surface area contributed by atoms with Gasteiger partial charge in [0.1, 0.15) is 4.60 Å². The van der Waals surface area contributed by atoms with Crippen LogP contribution in [-0.4, -0.2) is 32.2 Å². The number of aryl methyl sites for hydroxylation is 1. The molecule has 2 heterocycles. The zero-order valence-corrected chi connectivity index (χ0v) is 15.1. The Labute approximate surface area is 154 Å². The first-order valence-corrected chi connectivity index (χ1v) is 8.27. The van der Waals surface area contributed by atoms with Crippen LogP contribution in [-0.2, 0) is 5.60 Å². The molecule has 6 nitrogen and oxygen atoms in total. The summed E-state index contributed by atoms with van der Waals surface area (Å²) < 4.78 is 42.1. The monoisotopic (exact) mass is 429 g/mol. The van der Waals surface area contributed by atoms with Gasteiger partial charge in [-0.25, -0.2) is 9.97 Å². The molecule has 0 bridgehead atoms. The zero-order chi connectivity index (χ0) is 19.3. The molecule has 10 heteroatoms. The van der Waals surface area contributed by atoms with Crippen molar-refractivity contribution in [1.82, 2.24) is 14.4 Å². The third kappa shape index (κ3) is 2.83. The van der Waals surface area contributed by atoms with Gasteiger partial charge < -0.3 is 16.6 Å². The van der Waals surface area contributed by atoms with Gasteiger partial charge in [-0.15, -0.1) is 0 Å². The second-order valence-electron chi connectivity index (χ2n) is 5.88. The first-order chi connectivity index (χ1) is 12.1. The van der Waals surface area contributed by atoms with Crippen molar-refractivity contribution in [2.24, 2.45) is 5.73 Å². The van der Waals surface area contributed by atoms with Gasteiger partial charge in [0.25, 0.3) is 0 Å². The number of hydrogen-bond donors (Lipinski definition) is 3. The van der Waals surface area contributed by atoms with Gasteiger partial charge in [0.15, 0.2) is 17.1 Å². The van der Waals surface area contributed by atoms with E-state index in [2.05, 4.69) is 25.9 Å². The van der Waals surface area contributed by atoms with Crippen molar-refractivity contribution < 1.29 is 18.3 Å². The molecule has 0 aliphatic carbocycles. The maximum Gasteiger partial charge on any atom is 0.422 e. The number of anilines is 1. The zero-order valence-electron chi connectivity index (χ0n) is 13.5. The van der Waals surface area contributed by atoms with Gasteiger partial charge in [-0.2, -0.15) is 13.2 Å². The number of aliphatic hydroxyl groups is 1. The lowest BCUT2D eigenvalue weighted by Gasteiger charge is -2.30. The van der Waals surface area contributed by atoms with Crippen molar-refractivity contribution in [3.63, 3.8) is 0 Å². The van der Waals surface area contributed by atoms with E-state index in [9.17, 15) is 18.3 Å². The fraction of sp³-hybridized carbons (Fsp3) is 0.250. The predicted octanol–water partition coefficient (Wildman–Crippen LogP) is 2.76. The van der Waals surface area contributed by atoms with Gasteiger partial charge in [0.2, 0.25) is 0 Å². The van der Waals surface area contributed by atoms with E-state index in [1.165, 1.54) is 24.4 Å². The van der Waals surface area contributed by atoms with Crippen molar-refractivity contribution in [2.75, 3.05) is 12.3 Å². The van der Waals surface area contributed by atoms with Crippen LogP contribution in [0.15, 0.2) is 35.2 Å². The van der Waals surface area contributed by atoms with Gasteiger partial charge >= 0.3 is 6.18 Å². The van der Waals surface area contributed by atoms with Crippen LogP contribution in [0.25, 0.3) is 16.9 Å². The molecule has 0 spiro atoms. The summed E-state index contributed by atoms with van der Waals surface area (Å²) in [5.41, 5.74) is 9.64. The molecule has 3 rings (SSSR count). The number of rotatable bonds is 3.